The van der Waals surface area contributed by atoms with Gasteiger partial charge in [0.2, 0.25) is 5.91 Å². The molecular formula is C22H26N6O2. The van der Waals surface area contributed by atoms with Gasteiger partial charge in [0.1, 0.15) is 11.8 Å². The molecule has 156 valence electrons. The van der Waals surface area contributed by atoms with Crippen molar-refractivity contribution in [2.24, 2.45) is 0 Å². The van der Waals surface area contributed by atoms with Gasteiger partial charge in [-0.15, -0.1) is 0 Å². The van der Waals surface area contributed by atoms with Crippen molar-refractivity contribution in [1.82, 2.24) is 30.9 Å². The largest absolute Gasteiger partial charge is 0.496 e. The summed E-state index contributed by atoms with van der Waals surface area (Å²) >= 11 is 0. The number of benzene rings is 1. The molecule has 0 aliphatic carbocycles. The Morgan fingerprint density at radius 3 is 2.80 bits per heavy atom. The number of hydrazine groups is 1. The van der Waals surface area contributed by atoms with Gasteiger partial charge in [-0.1, -0.05) is 24.3 Å². The van der Waals surface area contributed by atoms with Gasteiger partial charge in [-0.3, -0.25) is 4.79 Å². The molecular weight excluding hydrogens is 380 g/mol. The summed E-state index contributed by atoms with van der Waals surface area (Å²) in [5, 5.41) is 7.54. The first kappa shape index (κ1) is 20.1. The highest BCUT2D eigenvalue weighted by molar-refractivity contribution is 5.82. The van der Waals surface area contributed by atoms with Crippen LogP contribution in [-0.4, -0.2) is 33.8 Å². The van der Waals surface area contributed by atoms with Crippen molar-refractivity contribution in [1.29, 1.82) is 0 Å². The average Bonchev–Trinajstić information content (AvgIpc) is 3.41. The predicted molar refractivity (Wildman–Crippen MR) is 113 cm³/mol. The topological polar surface area (TPSA) is 93.1 Å². The quantitative estimate of drug-likeness (QED) is 0.582. The van der Waals surface area contributed by atoms with Crippen LogP contribution in [0.15, 0.2) is 54.9 Å². The number of aromatic nitrogens is 3. The number of rotatable bonds is 6. The molecule has 3 heterocycles. The van der Waals surface area contributed by atoms with Crippen LogP contribution in [0.2, 0.25) is 0 Å². The normalized spacial score (nSPS) is 19.4. The third kappa shape index (κ3) is 3.92. The molecule has 30 heavy (non-hydrogen) atoms. The Labute approximate surface area is 175 Å². The van der Waals surface area contributed by atoms with Crippen LogP contribution in [0.5, 0.6) is 5.75 Å². The molecule has 0 radical (unpaired) electrons. The Kier molecular flexibility index (Phi) is 5.78. The SMILES string of the molecule is COc1ccccc1C1CC(C(=O)NC(C)c2cnn(-c3ccccn3)c2C)NN1. The van der Waals surface area contributed by atoms with E-state index in [1.807, 2.05) is 56.3 Å². The van der Waals surface area contributed by atoms with E-state index >= 15 is 0 Å². The molecule has 1 aliphatic rings. The summed E-state index contributed by atoms with van der Waals surface area (Å²) in [7, 11) is 1.65. The monoisotopic (exact) mass is 406 g/mol. The Morgan fingerprint density at radius 2 is 2.03 bits per heavy atom. The molecule has 1 fully saturated rings. The van der Waals surface area contributed by atoms with E-state index in [1.54, 1.807) is 24.2 Å². The van der Waals surface area contributed by atoms with Crippen molar-refractivity contribution in [2.45, 2.75) is 38.4 Å². The minimum atomic E-state index is -0.339. The van der Waals surface area contributed by atoms with Gasteiger partial charge < -0.3 is 10.1 Å². The Bertz CT molecular complexity index is 1020. The van der Waals surface area contributed by atoms with Gasteiger partial charge in [0.15, 0.2) is 5.82 Å². The van der Waals surface area contributed by atoms with Gasteiger partial charge in [0.05, 0.1) is 25.4 Å². The van der Waals surface area contributed by atoms with Crippen LogP contribution in [0, 0.1) is 6.92 Å². The van der Waals surface area contributed by atoms with Crippen molar-refractivity contribution >= 4 is 5.91 Å². The van der Waals surface area contributed by atoms with Gasteiger partial charge in [-0.25, -0.2) is 20.5 Å². The summed E-state index contributed by atoms with van der Waals surface area (Å²) < 4.78 is 7.23. The number of hydrogen-bond acceptors (Lipinski definition) is 6. The predicted octanol–water partition coefficient (Wildman–Crippen LogP) is 2.37. The van der Waals surface area contributed by atoms with Crippen molar-refractivity contribution in [3.8, 4) is 11.6 Å². The number of methoxy groups -OCH3 is 1. The highest BCUT2D eigenvalue weighted by Crippen LogP contribution is 2.30. The van der Waals surface area contributed by atoms with Gasteiger partial charge in [-0.05, 0) is 38.5 Å². The summed E-state index contributed by atoms with van der Waals surface area (Å²) in [4.78, 5) is 17.2. The van der Waals surface area contributed by atoms with E-state index in [0.29, 0.717) is 6.42 Å². The third-order valence-electron chi connectivity index (χ3n) is 5.47. The van der Waals surface area contributed by atoms with E-state index in [1.165, 1.54) is 0 Å². The fourth-order valence-corrected chi connectivity index (χ4v) is 3.84. The third-order valence-corrected chi connectivity index (χ3v) is 5.47. The molecule has 0 bridgehead atoms. The van der Waals surface area contributed by atoms with E-state index in [-0.39, 0.29) is 24.0 Å². The fraction of sp³-hybridized carbons (Fsp3) is 0.318. The van der Waals surface area contributed by atoms with Crippen molar-refractivity contribution in [2.75, 3.05) is 7.11 Å². The minimum Gasteiger partial charge on any atom is -0.496 e. The molecule has 3 atom stereocenters. The van der Waals surface area contributed by atoms with Crippen molar-refractivity contribution in [3.63, 3.8) is 0 Å². The summed E-state index contributed by atoms with van der Waals surface area (Å²) in [6.45, 7) is 3.94. The maximum absolute atomic E-state index is 12.9. The molecule has 4 rings (SSSR count). The number of hydrogen-bond donors (Lipinski definition) is 3. The van der Waals surface area contributed by atoms with E-state index in [9.17, 15) is 4.79 Å². The first-order chi connectivity index (χ1) is 14.6. The summed E-state index contributed by atoms with van der Waals surface area (Å²) in [5.74, 6) is 1.50. The molecule has 1 aromatic carbocycles. The summed E-state index contributed by atoms with van der Waals surface area (Å²) in [6.07, 6.45) is 4.15. The van der Waals surface area contributed by atoms with Crippen LogP contribution >= 0.6 is 0 Å². The zero-order valence-corrected chi connectivity index (χ0v) is 17.3. The highest BCUT2D eigenvalue weighted by atomic mass is 16.5. The second-order valence-electron chi connectivity index (χ2n) is 7.39. The number of para-hydroxylation sites is 1. The first-order valence-electron chi connectivity index (χ1n) is 9.98. The Morgan fingerprint density at radius 1 is 1.23 bits per heavy atom. The molecule has 0 spiro atoms. The molecule has 3 aromatic rings. The van der Waals surface area contributed by atoms with Crippen LogP contribution in [0.1, 0.15) is 42.2 Å². The molecule has 2 aromatic heterocycles. The van der Waals surface area contributed by atoms with Crippen molar-refractivity contribution in [3.05, 3.63) is 71.7 Å². The number of nitrogens with zero attached hydrogens (tertiary/aromatic N) is 3. The van der Waals surface area contributed by atoms with Gasteiger partial charge in [-0.2, -0.15) is 5.10 Å². The van der Waals surface area contributed by atoms with E-state index in [0.717, 1.165) is 28.4 Å². The molecule has 8 nitrogen and oxygen atoms in total. The number of carbonyl (C=O) groups excluding carboxylic acids is 1. The molecule has 0 saturated carbocycles. The molecule has 1 aliphatic heterocycles. The second-order valence-corrected chi connectivity index (χ2v) is 7.39. The lowest BCUT2D eigenvalue weighted by atomic mass is 10.0. The molecule has 1 saturated heterocycles. The highest BCUT2D eigenvalue weighted by Gasteiger charge is 2.32. The van der Waals surface area contributed by atoms with Gasteiger partial charge >= 0.3 is 0 Å². The minimum absolute atomic E-state index is 0.000785. The first-order valence-corrected chi connectivity index (χ1v) is 9.98. The Balaban J connectivity index is 1.42. The van der Waals surface area contributed by atoms with Crippen LogP contribution in [0.4, 0.5) is 0 Å². The lowest BCUT2D eigenvalue weighted by molar-refractivity contribution is -0.123. The molecule has 1 amide bonds. The standard InChI is InChI=1S/C22H26N6O2/c1-14(17-13-24-28(15(17)2)21-10-6-7-11-23-21)25-22(29)19-12-18(26-27-19)16-8-4-5-9-20(16)30-3/h4-11,13-14,18-19,26-27H,12H2,1-3H3,(H,25,29). The second kappa shape index (κ2) is 8.64. The zero-order valence-electron chi connectivity index (χ0n) is 17.3. The lowest BCUT2D eigenvalue weighted by Gasteiger charge is -2.17. The van der Waals surface area contributed by atoms with E-state index < -0.39 is 0 Å². The maximum Gasteiger partial charge on any atom is 0.239 e. The number of nitrogens with one attached hydrogen (secondary N) is 3. The average molecular weight is 406 g/mol. The van der Waals surface area contributed by atoms with Crippen LogP contribution in [0.3, 0.4) is 0 Å². The zero-order chi connectivity index (χ0) is 21.1. The van der Waals surface area contributed by atoms with E-state index in [4.69, 9.17) is 4.74 Å². The van der Waals surface area contributed by atoms with E-state index in [2.05, 4.69) is 26.3 Å². The number of carbonyl (C=O) groups is 1. The fourth-order valence-electron chi connectivity index (χ4n) is 3.84. The molecule has 8 heteroatoms. The summed E-state index contributed by atoms with van der Waals surface area (Å²) in [6, 6.07) is 13.0. The Hall–Kier alpha value is -3.23. The van der Waals surface area contributed by atoms with Crippen LogP contribution < -0.4 is 20.9 Å². The molecule has 3 unspecified atom stereocenters. The number of amides is 1. The van der Waals surface area contributed by atoms with Gasteiger partial charge in [0, 0.05) is 23.0 Å². The van der Waals surface area contributed by atoms with Gasteiger partial charge in [0.25, 0.3) is 0 Å². The molecule has 3 N–H and O–H groups in total. The van der Waals surface area contributed by atoms with Crippen LogP contribution in [-0.2, 0) is 4.79 Å². The summed E-state index contributed by atoms with van der Waals surface area (Å²) in [5.41, 5.74) is 9.26. The maximum atomic E-state index is 12.9. The lowest BCUT2D eigenvalue weighted by Crippen LogP contribution is -2.44. The smallest absolute Gasteiger partial charge is 0.239 e. The van der Waals surface area contributed by atoms with Crippen molar-refractivity contribution < 1.29 is 9.53 Å². The van der Waals surface area contributed by atoms with Crippen LogP contribution in [0.25, 0.3) is 5.82 Å². The number of pyridine rings is 1. The number of ether oxygens (including phenoxy) is 1.